The van der Waals surface area contributed by atoms with Crippen molar-refractivity contribution >= 4 is 0 Å². The molecule has 0 unspecified atom stereocenters. The summed E-state index contributed by atoms with van der Waals surface area (Å²) in [5, 5.41) is 0. The molecule has 0 fully saturated rings. The van der Waals surface area contributed by atoms with Crippen LogP contribution in [0.25, 0.3) is 0 Å². The lowest BCUT2D eigenvalue weighted by Gasteiger charge is -1.89. The molecule has 0 spiro atoms. The second-order valence-electron chi connectivity index (χ2n) is 2.88. The number of halogens is 1. The first-order valence-electron chi connectivity index (χ1n) is 4.37. The molecule has 2 heterocycles. The average molecular weight is 198 g/mol. The molecule has 0 N–H and O–H groups in total. The summed E-state index contributed by atoms with van der Waals surface area (Å²) in [4.78, 5) is 7.63. The van der Waals surface area contributed by atoms with Crippen LogP contribution >= 0.6 is 0 Å². The van der Waals surface area contributed by atoms with Gasteiger partial charge in [0, 0.05) is 29.7 Å². The maximum Gasteiger partial charge on any atom is 0.142 e. The molecule has 0 aliphatic rings. The van der Waals surface area contributed by atoms with E-state index < -0.39 is 0 Å². The van der Waals surface area contributed by atoms with Crippen molar-refractivity contribution in [1.82, 2.24) is 9.97 Å². The third kappa shape index (κ3) is 2.61. The SMILES string of the molecule is Fc1cncc(C#Cc2cccnc2)c1. The van der Waals surface area contributed by atoms with Gasteiger partial charge in [0.25, 0.3) is 0 Å². The molecule has 0 saturated heterocycles. The molecule has 3 heteroatoms. The molecule has 0 amide bonds. The highest BCUT2D eigenvalue weighted by Gasteiger charge is 1.91. The van der Waals surface area contributed by atoms with Crippen LogP contribution in [-0.2, 0) is 0 Å². The maximum atomic E-state index is 12.8. The van der Waals surface area contributed by atoms with Crippen LogP contribution in [-0.4, -0.2) is 9.97 Å². The van der Waals surface area contributed by atoms with Crippen LogP contribution < -0.4 is 0 Å². The van der Waals surface area contributed by atoms with Gasteiger partial charge in [0.05, 0.1) is 6.20 Å². The largest absolute Gasteiger partial charge is 0.263 e. The fraction of sp³-hybridized carbons (Fsp3) is 0. The lowest BCUT2D eigenvalue weighted by molar-refractivity contribution is 0.621. The zero-order valence-electron chi connectivity index (χ0n) is 7.81. The second kappa shape index (κ2) is 4.34. The Hall–Kier alpha value is -2.21. The van der Waals surface area contributed by atoms with E-state index in [4.69, 9.17) is 0 Å². The third-order valence-corrected chi connectivity index (χ3v) is 1.72. The molecular formula is C12H7FN2. The van der Waals surface area contributed by atoms with Crippen LogP contribution in [0.15, 0.2) is 43.0 Å². The predicted octanol–water partition coefficient (Wildman–Crippen LogP) is 2.02. The van der Waals surface area contributed by atoms with Crippen LogP contribution in [0.3, 0.4) is 0 Å². The van der Waals surface area contributed by atoms with Crippen molar-refractivity contribution in [2.75, 3.05) is 0 Å². The number of hydrogen-bond donors (Lipinski definition) is 0. The Labute approximate surface area is 86.8 Å². The van der Waals surface area contributed by atoms with E-state index in [0.717, 1.165) is 11.8 Å². The number of hydrogen-bond acceptors (Lipinski definition) is 2. The zero-order chi connectivity index (χ0) is 10.5. The molecule has 2 nitrogen and oxygen atoms in total. The van der Waals surface area contributed by atoms with Crippen LogP contribution in [0.5, 0.6) is 0 Å². The van der Waals surface area contributed by atoms with Gasteiger partial charge in [-0.1, -0.05) is 11.8 Å². The van der Waals surface area contributed by atoms with Crippen LogP contribution in [0.1, 0.15) is 11.1 Å². The molecule has 0 bridgehead atoms. The molecule has 2 rings (SSSR count). The van der Waals surface area contributed by atoms with Gasteiger partial charge in [0.1, 0.15) is 5.82 Å². The predicted molar refractivity (Wildman–Crippen MR) is 54.4 cm³/mol. The van der Waals surface area contributed by atoms with Gasteiger partial charge in [-0.3, -0.25) is 9.97 Å². The number of pyridine rings is 2. The quantitative estimate of drug-likeness (QED) is 0.605. The summed E-state index contributed by atoms with van der Waals surface area (Å²) >= 11 is 0. The first-order valence-corrected chi connectivity index (χ1v) is 4.37. The Bertz CT molecular complexity index is 512. The van der Waals surface area contributed by atoms with Crippen molar-refractivity contribution in [1.29, 1.82) is 0 Å². The Morgan fingerprint density at radius 1 is 1.00 bits per heavy atom. The van der Waals surface area contributed by atoms with E-state index in [2.05, 4.69) is 21.8 Å². The maximum absolute atomic E-state index is 12.8. The van der Waals surface area contributed by atoms with Crippen molar-refractivity contribution < 1.29 is 4.39 Å². The molecule has 0 aromatic carbocycles. The Kier molecular flexibility index (Phi) is 2.70. The minimum Gasteiger partial charge on any atom is -0.263 e. The smallest absolute Gasteiger partial charge is 0.142 e. The Balaban J connectivity index is 2.26. The summed E-state index contributed by atoms with van der Waals surface area (Å²) in [6.07, 6.45) is 6.00. The average Bonchev–Trinajstić information content (AvgIpc) is 2.28. The van der Waals surface area contributed by atoms with Gasteiger partial charge in [-0.15, -0.1) is 0 Å². The molecule has 2 aromatic heterocycles. The monoisotopic (exact) mass is 198 g/mol. The number of aromatic nitrogens is 2. The summed E-state index contributed by atoms with van der Waals surface area (Å²) in [6.45, 7) is 0. The first-order chi connectivity index (χ1) is 7.34. The van der Waals surface area contributed by atoms with Gasteiger partial charge in [-0.25, -0.2) is 4.39 Å². The van der Waals surface area contributed by atoms with Gasteiger partial charge < -0.3 is 0 Å². The van der Waals surface area contributed by atoms with Gasteiger partial charge in [0.2, 0.25) is 0 Å². The lowest BCUT2D eigenvalue weighted by atomic mass is 10.2. The van der Waals surface area contributed by atoms with Gasteiger partial charge in [0.15, 0.2) is 0 Å². The van der Waals surface area contributed by atoms with E-state index in [0.29, 0.717) is 5.56 Å². The van der Waals surface area contributed by atoms with Gasteiger partial charge >= 0.3 is 0 Å². The van der Waals surface area contributed by atoms with E-state index in [1.54, 1.807) is 18.5 Å². The highest BCUT2D eigenvalue weighted by molar-refractivity contribution is 5.40. The van der Waals surface area contributed by atoms with Crippen LogP contribution in [0.4, 0.5) is 4.39 Å². The van der Waals surface area contributed by atoms with E-state index in [1.807, 2.05) is 6.07 Å². The molecule has 15 heavy (non-hydrogen) atoms. The third-order valence-electron chi connectivity index (χ3n) is 1.72. The Morgan fingerprint density at radius 2 is 1.80 bits per heavy atom. The van der Waals surface area contributed by atoms with Gasteiger partial charge in [-0.2, -0.15) is 0 Å². The van der Waals surface area contributed by atoms with Crippen LogP contribution in [0.2, 0.25) is 0 Å². The van der Waals surface area contributed by atoms with Crippen molar-refractivity contribution in [2.24, 2.45) is 0 Å². The number of nitrogens with zero attached hydrogens (tertiary/aromatic N) is 2. The zero-order valence-corrected chi connectivity index (χ0v) is 7.81. The lowest BCUT2D eigenvalue weighted by Crippen LogP contribution is -1.82. The van der Waals surface area contributed by atoms with Gasteiger partial charge in [-0.05, 0) is 18.2 Å². The molecule has 0 radical (unpaired) electrons. The van der Waals surface area contributed by atoms with Crippen molar-refractivity contribution in [3.8, 4) is 11.8 Å². The minimum absolute atomic E-state index is 0.381. The molecular weight excluding hydrogens is 191 g/mol. The molecule has 2 aromatic rings. The summed E-state index contributed by atoms with van der Waals surface area (Å²) < 4.78 is 12.8. The summed E-state index contributed by atoms with van der Waals surface area (Å²) in [5.74, 6) is 5.30. The Morgan fingerprint density at radius 3 is 2.53 bits per heavy atom. The topological polar surface area (TPSA) is 25.8 Å². The molecule has 0 aliphatic heterocycles. The molecule has 72 valence electrons. The molecule has 0 saturated carbocycles. The fourth-order valence-corrected chi connectivity index (χ4v) is 1.06. The highest BCUT2D eigenvalue weighted by atomic mass is 19.1. The normalized spacial score (nSPS) is 9.13. The molecule has 0 aliphatic carbocycles. The first kappa shape index (κ1) is 9.35. The summed E-state index contributed by atoms with van der Waals surface area (Å²) in [6, 6.07) is 4.98. The second-order valence-corrected chi connectivity index (χ2v) is 2.88. The van der Waals surface area contributed by atoms with Crippen molar-refractivity contribution in [3.05, 3.63) is 59.9 Å². The summed E-state index contributed by atoms with van der Waals surface area (Å²) in [7, 11) is 0. The van der Waals surface area contributed by atoms with E-state index >= 15 is 0 Å². The highest BCUT2D eigenvalue weighted by Crippen LogP contribution is 1.99. The number of rotatable bonds is 0. The minimum atomic E-state index is -0.381. The molecule has 0 atom stereocenters. The fourth-order valence-electron chi connectivity index (χ4n) is 1.06. The van der Waals surface area contributed by atoms with Crippen molar-refractivity contribution in [3.63, 3.8) is 0 Å². The summed E-state index contributed by atoms with van der Waals surface area (Å²) in [5.41, 5.74) is 1.35. The van der Waals surface area contributed by atoms with E-state index in [-0.39, 0.29) is 5.82 Å². The van der Waals surface area contributed by atoms with E-state index in [1.165, 1.54) is 12.3 Å². The van der Waals surface area contributed by atoms with E-state index in [9.17, 15) is 4.39 Å². The van der Waals surface area contributed by atoms with Crippen molar-refractivity contribution in [2.45, 2.75) is 0 Å². The van der Waals surface area contributed by atoms with Crippen LogP contribution in [0, 0.1) is 17.7 Å². The standard InChI is InChI=1S/C12H7FN2/c13-12-6-11(8-15-9-12)4-3-10-2-1-5-14-7-10/h1-2,5-9H.